The number of carbonyl (C=O) groups is 1. The Kier molecular flexibility index (Phi) is 7.69. The molecule has 1 heterocycles. The second-order valence-electron chi connectivity index (χ2n) is 9.02. The highest BCUT2D eigenvalue weighted by molar-refractivity contribution is 5.94. The van der Waals surface area contributed by atoms with Gasteiger partial charge < -0.3 is 19.1 Å². The molecule has 0 radical (unpaired) electrons. The number of methoxy groups -OCH3 is 1. The molecule has 0 N–H and O–H groups in total. The minimum Gasteiger partial charge on any atom is -0.493 e. The second-order valence-corrected chi connectivity index (χ2v) is 9.02. The van der Waals surface area contributed by atoms with Gasteiger partial charge in [0.15, 0.2) is 11.5 Å². The Hall–Kier alpha value is -2.53. The molecule has 1 saturated carbocycles. The monoisotopic (exact) mass is 437 g/mol. The molecule has 0 unspecified atom stereocenters. The highest BCUT2D eigenvalue weighted by Gasteiger charge is 2.28. The average molecular weight is 438 g/mol. The molecule has 172 valence electrons. The number of carbonyl (C=O) groups excluding carboxylic acids is 1. The third kappa shape index (κ3) is 5.63. The molecule has 1 saturated heterocycles. The Labute approximate surface area is 191 Å². The fraction of sp³-hybridized carbons (Fsp3) is 0.519. The summed E-state index contributed by atoms with van der Waals surface area (Å²) < 4.78 is 17.4. The minimum absolute atomic E-state index is 0.102. The van der Waals surface area contributed by atoms with E-state index in [-0.39, 0.29) is 18.1 Å². The summed E-state index contributed by atoms with van der Waals surface area (Å²) in [6.45, 7) is 3.96. The third-order valence-electron chi connectivity index (χ3n) is 6.60. The Morgan fingerprint density at radius 1 is 1.00 bits per heavy atom. The molecule has 5 heteroatoms. The molecule has 5 nitrogen and oxygen atoms in total. The van der Waals surface area contributed by atoms with Gasteiger partial charge in [0.05, 0.1) is 13.2 Å². The van der Waals surface area contributed by atoms with Gasteiger partial charge in [0, 0.05) is 24.8 Å². The molecule has 1 atom stereocenters. The quantitative estimate of drug-likeness (QED) is 0.544. The van der Waals surface area contributed by atoms with Crippen molar-refractivity contribution in [1.82, 2.24) is 4.90 Å². The first-order valence-corrected chi connectivity index (χ1v) is 11.9. The first kappa shape index (κ1) is 22.7. The van der Waals surface area contributed by atoms with E-state index >= 15 is 0 Å². The fourth-order valence-corrected chi connectivity index (χ4v) is 4.69. The Bertz CT molecular complexity index is 883. The van der Waals surface area contributed by atoms with Gasteiger partial charge in [-0.2, -0.15) is 0 Å². The Balaban J connectivity index is 1.48. The van der Waals surface area contributed by atoms with E-state index in [9.17, 15) is 4.79 Å². The number of rotatable bonds is 8. The first-order chi connectivity index (χ1) is 15.6. The van der Waals surface area contributed by atoms with Crippen molar-refractivity contribution in [3.05, 3.63) is 59.2 Å². The van der Waals surface area contributed by atoms with E-state index in [4.69, 9.17) is 14.2 Å². The summed E-state index contributed by atoms with van der Waals surface area (Å²) in [5.74, 6) is 1.53. The molecule has 0 spiro atoms. The van der Waals surface area contributed by atoms with Gasteiger partial charge >= 0.3 is 0 Å². The van der Waals surface area contributed by atoms with Gasteiger partial charge in [-0.05, 0) is 68.9 Å². The molecule has 0 aromatic heterocycles. The van der Waals surface area contributed by atoms with Crippen molar-refractivity contribution in [2.75, 3.05) is 20.3 Å². The van der Waals surface area contributed by atoms with E-state index in [0.717, 1.165) is 54.7 Å². The van der Waals surface area contributed by atoms with Crippen LogP contribution >= 0.6 is 0 Å². The van der Waals surface area contributed by atoms with Crippen molar-refractivity contribution in [1.29, 1.82) is 0 Å². The first-order valence-electron chi connectivity index (χ1n) is 11.9. The standard InChI is InChI=1S/C27H35NO4/c1-20-10-13-22(14-11-20)27(29)28(23-7-3-4-8-23)18-21-12-15-25(26(17-21)30-2)32-19-24-9-5-6-16-31-24/h10-15,17,23-24H,3-9,16,18-19H2,1-2H3/t24-/m1/s1. The Morgan fingerprint density at radius 2 is 1.75 bits per heavy atom. The number of hydrogen-bond donors (Lipinski definition) is 0. The maximum Gasteiger partial charge on any atom is 0.254 e. The molecule has 1 aliphatic carbocycles. The van der Waals surface area contributed by atoms with Crippen LogP contribution in [0.15, 0.2) is 42.5 Å². The smallest absolute Gasteiger partial charge is 0.254 e. The molecule has 32 heavy (non-hydrogen) atoms. The molecule has 2 aromatic carbocycles. The van der Waals surface area contributed by atoms with Gasteiger partial charge in [-0.25, -0.2) is 0 Å². The van der Waals surface area contributed by atoms with Crippen LogP contribution in [-0.4, -0.2) is 43.3 Å². The molecule has 2 fully saturated rings. The molecule has 0 bridgehead atoms. The third-order valence-corrected chi connectivity index (χ3v) is 6.60. The second kappa shape index (κ2) is 10.9. The molecule has 2 aliphatic rings. The number of nitrogens with zero attached hydrogens (tertiary/aromatic N) is 1. The highest BCUT2D eigenvalue weighted by atomic mass is 16.5. The molecule has 1 amide bonds. The van der Waals surface area contributed by atoms with E-state index in [1.807, 2.05) is 54.3 Å². The number of hydrogen-bond acceptors (Lipinski definition) is 4. The lowest BCUT2D eigenvalue weighted by Gasteiger charge is -2.29. The van der Waals surface area contributed by atoms with Crippen molar-refractivity contribution in [2.45, 2.75) is 70.6 Å². The summed E-state index contributed by atoms with van der Waals surface area (Å²) in [6, 6.07) is 14.2. The zero-order chi connectivity index (χ0) is 22.3. The maximum atomic E-state index is 13.4. The van der Waals surface area contributed by atoms with Crippen molar-refractivity contribution in [3.8, 4) is 11.5 Å². The van der Waals surface area contributed by atoms with Crippen LogP contribution in [0.4, 0.5) is 0 Å². The lowest BCUT2D eigenvalue weighted by molar-refractivity contribution is -0.0114. The highest BCUT2D eigenvalue weighted by Crippen LogP contribution is 2.31. The lowest BCUT2D eigenvalue weighted by Crippen LogP contribution is -2.38. The summed E-state index contributed by atoms with van der Waals surface area (Å²) in [5.41, 5.74) is 2.96. The fourth-order valence-electron chi connectivity index (χ4n) is 4.69. The van der Waals surface area contributed by atoms with E-state index in [2.05, 4.69) is 0 Å². The largest absolute Gasteiger partial charge is 0.493 e. The zero-order valence-corrected chi connectivity index (χ0v) is 19.3. The Morgan fingerprint density at radius 3 is 2.44 bits per heavy atom. The summed E-state index contributed by atoms with van der Waals surface area (Å²) in [5, 5.41) is 0. The SMILES string of the molecule is COc1cc(CN(C(=O)c2ccc(C)cc2)C2CCCC2)ccc1OC[C@H]1CCCCO1. The predicted molar refractivity (Wildman–Crippen MR) is 125 cm³/mol. The van der Waals surface area contributed by atoms with Gasteiger partial charge in [-0.15, -0.1) is 0 Å². The van der Waals surface area contributed by atoms with Crippen LogP contribution in [0.3, 0.4) is 0 Å². The summed E-state index contributed by atoms with van der Waals surface area (Å²) >= 11 is 0. The van der Waals surface area contributed by atoms with Crippen LogP contribution in [0, 0.1) is 6.92 Å². The summed E-state index contributed by atoms with van der Waals surface area (Å²) in [6.07, 6.45) is 8.01. The van der Waals surface area contributed by atoms with Gasteiger partial charge in [0.2, 0.25) is 0 Å². The molecule has 4 rings (SSSR count). The van der Waals surface area contributed by atoms with Crippen molar-refractivity contribution >= 4 is 5.91 Å². The summed E-state index contributed by atoms with van der Waals surface area (Å²) in [7, 11) is 1.66. The van der Waals surface area contributed by atoms with Crippen molar-refractivity contribution < 1.29 is 19.0 Å². The number of benzene rings is 2. The van der Waals surface area contributed by atoms with Gasteiger partial charge in [-0.1, -0.05) is 36.6 Å². The topological polar surface area (TPSA) is 48.0 Å². The predicted octanol–water partition coefficient (Wildman–Crippen LogP) is 5.54. The van der Waals surface area contributed by atoms with E-state index in [1.165, 1.54) is 19.3 Å². The molecule has 1 aliphatic heterocycles. The number of amides is 1. The minimum atomic E-state index is 0.102. The van der Waals surface area contributed by atoms with Gasteiger partial charge in [0.1, 0.15) is 6.61 Å². The maximum absolute atomic E-state index is 13.4. The van der Waals surface area contributed by atoms with Crippen molar-refractivity contribution in [3.63, 3.8) is 0 Å². The van der Waals surface area contributed by atoms with E-state index in [0.29, 0.717) is 18.9 Å². The normalized spacial score (nSPS) is 19.0. The average Bonchev–Trinajstić information content (AvgIpc) is 3.37. The van der Waals surface area contributed by atoms with E-state index < -0.39 is 0 Å². The van der Waals surface area contributed by atoms with Crippen LogP contribution in [0.25, 0.3) is 0 Å². The van der Waals surface area contributed by atoms with Crippen LogP contribution in [-0.2, 0) is 11.3 Å². The van der Waals surface area contributed by atoms with Crippen molar-refractivity contribution in [2.24, 2.45) is 0 Å². The molecular formula is C27H35NO4. The molecular weight excluding hydrogens is 402 g/mol. The van der Waals surface area contributed by atoms with Crippen LogP contribution in [0.5, 0.6) is 11.5 Å². The number of aryl methyl sites for hydroxylation is 1. The lowest BCUT2D eigenvalue weighted by atomic mass is 10.1. The summed E-state index contributed by atoms with van der Waals surface area (Å²) in [4.78, 5) is 15.4. The molecule has 2 aromatic rings. The number of ether oxygens (including phenoxy) is 3. The van der Waals surface area contributed by atoms with E-state index in [1.54, 1.807) is 7.11 Å². The van der Waals surface area contributed by atoms with Crippen LogP contribution in [0.2, 0.25) is 0 Å². The van der Waals surface area contributed by atoms with Gasteiger partial charge in [0.25, 0.3) is 5.91 Å². The van der Waals surface area contributed by atoms with Crippen LogP contribution in [0.1, 0.15) is 66.4 Å². The van der Waals surface area contributed by atoms with Gasteiger partial charge in [-0.3, -0.25) is 4.79 Å². The van der Waals surface area contributed by atoms with Crippen LogP contribution < -0.4 is 9.47 Å². The zero-order valence-electron chi connectivity index (χ0n) is 19.3.